The molecule has 0 aliphatic carbocycles. The van der Waals surface area contributed by atoms with E-state index in [1.165, 1.54) is 10.4 Å². The van der Waals surface area contributed by atoms with E-state index in [9.17, 15) is 4.79 Å². The number of morpholine rings is 1. The normalized spacial score (nSPS) is 20.2. The van der Waals surface area contributed by atoms with Crippen LogP contribution < -0.4 is 10.4 Å². The standard InChI is InChI=1S/C37H53NO4Si2/c1-35(2,3)43(8,9)42-29-31-28-40-37(7,34(39)38(31)27-30-19-13-10-14-20-30)25-26-41-44(36(4,5)6,32-21-15-11-16-22-32)33-23-17-12-18-24-33/h10-24,31H,25-29H2,1-9H3. The third kappa shape index (κ3) is 7.29. The fourth-order valence-corrected chi connectivity index (χ4v) is 11.5. The summed E-state index contributed by atoms with van der Waals surface area (Å²) in [6.07, 6.45) is 0.470. The maximum atomic E-state index is 14.4. The molecule has 0 spiro atoms. The van der Waals surface area contributed by atoms with Gasteiger partial charge in [0.05, 0.1) is 19.3 Å². The maximum absolute atomic E-state index is 14.4. The number of amides is 1. The van der Waals surface area contributed by atoms with E-state index in [2.05, 4.69) is 127 Å². The van der Waals surface area contributed by atoms with E-state index >= 15 is 0 Å². The number of nitrogens with zero attached hydrogens (tertiary/aromatic N) is 1. The smallest absolute Gasteiger partial charge is 0.261 e. The second kappa shape index (κ2) is 13.4. The van der Waals surface area contributed by atoms with Gasteiger partial charge >= 0.3 is 0 Å². The summed E-state index contributed by atoms with van der Waals surface area (Å²) >= 11 is 0. The number of carbonyl (C=O) groups is 1. The summed E-state index contributed by atoms with van der Waals surface area (Å²) in [6, 6.07) is 31.4. The number of carbonyl (C=O) groups excluding carboxylic acids is 1. The van der Waals surface area contributed by atoms with Crippen molar-refractivity contribution < 1.29 is 18.4 Å². The van der Waals surface area contributed by atoms with Crippen molar-refractivity contribution in [3.8, 4) is 0 Å². The molecule has 3 aromatic rings. The summed E-state index contributed by atoms with van der Waals surface area (Å²) in [5, 5.41) is 2.41. The van der Waals surface area contributed by atoms with Crippen molar-refractivity contribution in [2.24, 2.45) is 0 Å². The summed E-state index contributed by atoms with van der Waals surface area (Å²) < 4.78 is 20.3. The first-order valence-corrected chi connectivity index (χ1v) is 20.8. The van der Waals surface area contributed by atoms with Gasteiger partial charge in [0.25, 0.3) is 14.2 Å². The molecule has 0 bridgehead atoms. The molecule has 44 heavy (non-hydrogen) atoms. The van der Waals surface area contributed by atoms with E-state index in [-0.39, 0.29) is 22.0 Å². The van der Waals surface area contributed by atoms with Gasteiger partial charge in [-0.05, 0) is 46.0 Å². The number of benzene rings is 3. The highest BCUT2D eigenvalue weighted by Gasteiger charge is 2.51. The van der Waals surface area contributed by atoms with E-state index in [0.29, 0.717) is 32.8 Å². The zero-order valence-electron chi connectivity index (χ0n) is 28.4. The average molecular weight is 632 g/mol. The molecule has 2 unspecified atom stereocenters. The zero-order valence-corrected chi connectivity index (χ0v) is 30.4. The number of ether oxygens (including phenoxy) is 1. The third-order valence-electron chi connectivity index (χ3n) is 9.70. The Kier molecular flexibility index (Phi) is 10.5. The monoisotopic (exact) mass is 631 g/mol. The van der Waals surface area contributed by atoms with Gasteiger partial charge in [-0.15, -0.1) is 0 Å². The van der Waals surface area contributed by atoms with E-state index in [1.54, 1.807) is 0 Å². The molecule has 1 fully saturated rings. The number of rotatable bonds is 11. The summed E-state index contributed by atoms with van der Waals surface area (Å²) in [4.78, 5) is 16.4. The lowest BCUT2D eigenvalue weighted by atomic mass is 9.96. The van der Waals surface area contributed by atoms with Gasteiger partial charge in [-0.3, -0.25) is 4.79 Å². The molecule has 0 radical (unpaired) electrons. The largest absolute Gasteiger partial charge is 0.415 e. The predicted octanol–water partition coefficient (Wildman–Crippen LogP) is 7.16. The van der Waals surface area contributed by atoms with Crippen LogP contribution in [0.2, 0.25) is 23.2 Å². The van der Waals surface area contributed by atoms with Gasteiger partial charge < -0.3 is 18.5 Å². The second-order valence-electron chi connectivity index (χ2n) is 14.9. The molecule has 1 saturated heterocycles. The number of hydrogen-bond donors (Lipinski definition) is 0. The molecule has 5 nitrogen and oxygen atoms in total. The molecule has 1 aliphatic heterocycles. The van der Waals surface area contributed by atoms with Gasteiger partial charge in [-0.1, -0.05) is 133 Å². The second-order valence-corrected chi connectivity index (χ2v) is 24.1. The SMILES string of the molecule is CC1(CCO[Si](c2ccccc2)(c2ccccc2)C(C)(C)C)OCC(CO[Si](C)(C)C(C)(C)C)N(Cc2ccccc2)C1=O. The van der Waals surface area contributed by atoms with Crippen LogP contribution in [-0.2, 0) is 24.9 Å². The first-order valence-electron chi connectivity index (χ1n) is 16.0. The minimum absolute atomic E-state index is 0.00230. The van der Waals surface area contributed by atoms with E-state index in [4.69, 9.17) is 13.6 Å². The average Bonchev–Trinajstić information content (AvgIpc) is 2.98. The summed E-state index contributed by atoms with van der Waals surface area (Å²) in [5.74, 6) is 0.00230. The van der Waals surface area contributed by atoms with Crippen LogP contribution >= 0.6 is 0 Å². The molecule has 238 valence electrons. The summed E-state index contributed by atoms with van der Waals surface area (Å²) in [5.41, 5.74) is 0.110. The van der Waals surface area contributed by atoms with Crippen LogP contribution in [0.5, 0.6) is 0 Å². The zero-order chi connectivity index (χ0) is 32.2. The Balaban J connectivity index is 1.59. The van der Waals surface area contributed by atoms with Gasteiger partial charge in [0.15, 0.2) is 8.32 Å². The Hall–Kier alpha value is -2.56. The molecule has 0 N–H and O–H groups in total. The highest BCUT2D eigenvalue weighted by atomic mass is 28.4. The molecule has 4 rings (SSSR count). The van der Waals surface area contributed by atoms with Crippen LogP contribution in [0.4, 0.5) is 0 Å². The van der Waals surface area contributed by atoms with Crippen molar-refractivity contribution in [3.05, 3.63) is 96.6 Å². The Morgan fingerprint density at radius 3 is 1.77 bits per heavy atom. The van der Waals surface area contributed by atoms with Gasteiger partial charge in [0.2, 0.25) is 0 Å². The minimum Gasteiger partial charge on any atom is -0.415 e. The van der Waals surface area contributed by atoms with Crippen LogP contribution in [0, 0.1) is 0 Å². The Morgan fingerprint density at radius 2 is 1.30 bits per heavy atom. The van der Waals surface area contributed by atoms with Gasteiger partial charge in [-0.2, -0.15) is 0 Å². The van der Waals surface area contributed by atoms with Gasteiger partial charge in [-0.25, -0.2) is 0 Å². The van der Waals surface area contributed by atoms with Crippen LogP contribution in [0.3, 0.4) is 0 Å². The van der Waals surface area contributed by atoms with Crippen molar-refractivity contribution in [3.63, 3.8) is 0 Å². The minimum atomic E-state index is -2.73. The topological polar surface area (TPSA) is 48.0 Å². The molecule has 2 atom stereocenters. The van der Waals surface area contributed by atoms with E-state index in [1.807, 2.05) is 30.0 Å². The lowest BCUT2D eigenvalue weighted by Gasteiger charge is -2.47. The predicted molar refractivity (Wildman–Crippen MR) is 186 cm³/mol. The summed E-state index contributed by atoms with van der Waals surface area (Å²) in [7, 11) is -4.73. The van der Waals surface area contributed by atoms with Crippen molar-refractivity contribution in [2.45, 2.75) is 96.2 Å². The molecule has 3 aromatic carbocycles. The van der Waals surface area contributed by atoms with E-state index < -0.39 is 22.2 Å². The molecule has 1 aliphatic rings. The van der Waals surface area contributed by atoms with Crippen molar-refractivity contribution in [1.82, 2.24) is 4.90 Å². The maximum Gasteiger partial charge on any atom is 0.261 e. The van der Waals surface area contributed by atoms with Crippen LogP contribution in [0.15, 0.2) is 91.0 Å². The Bertz CT molecular complexity index is 1310. The van der Waals surface area contributed by atoms with Crippen LogP contribution in [0.1, 0.15) is 60.5 Å². The molecule has 7 heteroatoms. The Labute approximate surface area is 268 Å². The molecule has 1 amide bonds. The van der Waals surface area contributed by atoms with Gasteiger partial charge in [0.1, 0.15) is 5.60 Å². The molecule has 1 heterocycles. The fraction of sp³-hybridized carbons (Fsp3) is 0.486. The summed E-state index contributed by atoms with van der Waals surface area (Å²) in [6.45, 7) is 21.9. The van der Waals surface area contributed by atoms with Crippen molar-refractivity contribution in [2.75, 3.05) is 19.8 Å². The quantitative estimate of drug-likeness (QED) is 0.211. The lowest BCUT2D eigenvalue weighted by molar-refractivity contribution is -0.182. The first kappa shape index (κ1) is 34.3. The third-order valence-corrected chi connectivity index (χ3v) is 19.2. The molecular formula is C37H53NO4Si2. The first-order chi connectivity index (χ1) is 20.6. The van der Waals surface area contributed by atoms with Crippen molar-refractivity contribution in [1.29, 1.82) is 0 Å². The number of hydrogen-bond acceptors (Lipinski definition) is 4. The van der Waals surface area contributed by atoms with E-state index in [0.717, 1.165) is 5.56 Å². The fourth-order valence-electron chi connectivity index (χ4n) is 5.88. The molecule has 0 aromatic heterocycles. The molecule has 0 saturated carbocycles. The van der Waals surface area contributed by atoms with Gasteiger partial charge in [0, 0.05) is 19.6 Å². The Morgan fingerprint density at radius 1 is 0.795 bits per heavy atom. The highest BCUT2D eigenvalue weighted by Crippen LogP contribution is 2.39. The lowest BCUT2D eigenvalue weighted by Crippen LogP contribution is -2.67. The van der Waals surface area contributed by atoms with Crippen LogP contribution in [0.25, 0.3) is 0 Å². The van der Waals surface area contributed by atoms with Crippen molar-refractivity contribution >= 4 is 32.9 Å². The highest BCUT2D eigenvalue weighted by molar-refractivity contribution is 6.99. The van der Waals surface area contributed by atoms with Crippen LogP contribution in [-0.4, -0.2) is 58.9 Å². The molecular weight excluding hydrogens is 579 g/mol.